The van der Waals surface area contributed by atoms with Crippen LogP contribution in [0, 0.1) is 6.92 Å². The van der Waals surface area contributed by atoms with E-state index in [2.05, 4.69) is 10.3 Å². The molecule has 0 atom stereocenters. The Morgan fingerprint density at radius 1 is 1.37 bits per heavy atom. The fourth-order valence-electron chi connectivity index (χ4n) is 1.53. The lowest BCUT2D eigenvalue weighted by Crippen LogP contribution is -3.06. The van der Waals surface area contributed by atoms with Gasteiger partial charge in [0.25, 0.3) is 11.9 Å². The Morgan fingerprint density at radius 2 is 2.05 bits per heavy atom. The molecule has 5 heteroatoms. The Morgan fingerprint density at radius 3 is 2.63 bits per heavy atom. The van der Waals surface area contributed by atoms with E-state index >= 15 is 0 Å². The quantitative estimate of drug-likeness (QED) is 0.588. The molecule has 0 saturated heterocycles. The fraction of sp³-hybridized carbons (Fsp3) is 0.429. The standard InChI is InChI=1S/C14H21N3O2/c1-11-7-5-6-8-12(11)13(18)16-14(19-4)15-9-10-17(2)3/h5-8H,9-10H2,1-4H3,(H,15,16,18)/p+1. The van der Waals surface area contributed by atoms with Gasteiger partial charge in [-0.3, -0.25) is 10.1 Å². The summed E-state index contributed by atoms with van der Waals surface area (Å²) >= 11 is 0. The molecule has 1 aromatic carbocycles. The highest BCUT2D eigenvalue weighted by Crippen LogP contribution is 2.06. The minimum Gasteiger partial charge on any atom is -0.468 e. The predicted octanol–water partition coefficient (Wildman–Crippen LogP) is -0.128. The van der Waals surface area contributed by atoms with Crippen molar-refractivity contribution in [3.05, 3.63) is 35.4 Å². The summed E-state index contributed by atoms with van der Waals surface area (Å²) in [5.41, 5.74) is 1.55. The van der Waals surface area contributed by atoms with E-state index < -0.39 is 0 Å². The lowest BCUT2D eigenvalue weighted by atomic mass is 10.1. The Kier molecular flexibility index (Phi) is 6.02. The first-order chi connectivity index (χ1) is 9.04. The number of ether oxygens (including phenoxy) is 1. The summed E-state index contributed by atoms with van der Waals surface area (Å²) < 4.78 is 5.07. The summed E-state index contributed by atoms with van der Waals surface area (Å²) in [5.74, 6) is -0.198. The van der Waals surface area contributed by atoms with Gasteiger partial charge in [0.05, 0.1) is 34.3 Å². The molecule has 2 N–H and O–H groups in total. The van der Waals surface area contributed by atoms with Crippen LogP contribution in [0.2, 0.25) is 0 Å². The summed E-state index contributed by atoms with van der Waals surface area (Å²) in [7, 11) is 5.60. The maximum absolute atomic E-state index is 12.1. The van der Waals surface area contributed by atoms with Crippen LogP contribution >= 0.6 is 0 Å². The molecule has 0 fully saturated rings. The van der Waals surface area contributed by atoms with Crippen molar-refractivity contribution in [2.75, 3.05) is 34.3 Å². The number of amides is 1. The molecule has 5 nitrogen and oxygen atoms in total. The molecular weight excluding hydrogens is 242 g/mol. The van der Waals surface area contributed by atoms with E-state index in [1.807, 2.05) is 39.2 Å². The molecule has 1 aromatic rings. The number of nitrogens with zero attached hydrogens (tertiary/aromatic N) is 1. The molecule has 0 saturated carbocycles. The highest BCUT2D eigenvalue weighted by Gasteiger charge is 2.11. The zero-order chi connectivity index (χ0) is 14.3. The molecule has 19 heavy (non-hydrogen) atoms. The molecule has 0 aromatic heterocycles. The van der Waals surface area contributed by atoms with Crippen LogP contribution in [0.3, 0.4) is 0 Å². The Labute approximate surface area is 114 Å². The average molecular weight is 264 g/mol. The zero-order valence-corrected chi connectivity index (χ0v) is 12.0. The molecule has 0 radical (unpaired) electrons. The predicted molar refractivity (Wildman–Crippen MR) is 75.6 cm³/mol. The molecule has 0 spiro atoms. The first-order valence-corrected chi connectivity index (χ1v) is 6.29. The van der Waals surface area contributed by atoms with Crippen molar-refractivity contribution in [3.63, 3.8) is 0 Å². The van der Waals surface area contributed by atoms with E-state index in [4.69, 9.17) is 4.74 Å². The number of carbonyl (C=O) groups is 1. The molecule has 1 amide bonds. The number of hydrogen-bond donors (Lipinski definition) is 2. The number of hydrogen-bond acceptors (Lipinski definition) is 3. The van der Waals surface area contributed by atoms with Crippen molar-refractivity contribution in [2.24, 2.45) is 4.99 Å². The Hall–Kier alpha value is -1.88. The second kappa shape index (κ2) is 7.53. The van der Waals surface area contributed by atoms with Crippen molar-refractivity contribution in [1.29, 1.82) is 0 Å². The number of aryl methyl sites for hydroxylation is 1. The molecular formula is C14H22N3O2+. The summed E-state index contributed by atoms with van der Waals surface area (Å²) in [6.45, 7) is 3.39. The van der Waals surface area contributed by atoms with Crippen molar-refractivity contribution >= 4 is 11.9 Å². The second-order valence-electron chi connectivity index (χ2n) is 4.62. The summed E-state index contributed by atoms with van der Waals surface area (Å²) in [6.07, 6.45) is 0. The van der Waals surface area contributed by atoms with Crippen LogP contribution in [0.5, 0.6) is 0 Å². The van der Waals surface area contributed by atoms with Crippen LogP contribution < -0.4 is 10.2 Å². The van der Waals surface area contributed by atoms with Gasteiger partial charge >= 0.3 is 0 Å². The van der Waals surface area contributed by atoms with Gasteiger partial charge in [-0.1, -0.05) is 18.2 Å². The van der Waals surface area contributed by atoms with Gasteiger partial charge in [0.1, 0.15) is 0 Å². The van der Waals surface area contributed by atoms with Crippen LogP contribution in [-0.2, 0) is 4.74 Å². The normalized spacial score (nSPS) is 11.5. The molecule has 0 aliphatic heterocycles. The summed E-state index contributed by atoms with van der Waals surface area (Å²) in [6, 6.07) is 7.67. The van der Waals surface area contributed by atoms with Crippen LogP contribution in [-0.4, -0.2) is 46.2 Å². The van der Waals surface area contributed by atoms with Gasteiger partial charge in [0.15, 0.2) is 0 Å². The van der Waals surface area contributed by atoms with Crippen LogP contribution in [0.1, 0.15) is 15.9 Å². The van der Waals surface area contributed by atoms with Crippen molar-refractivity contribution < 1.29 is 14.4 Å². The van der Waals surface area contributed by atoms with Gasteiger partial charge in [0, 0.05) is 5.56 Å². The largest absolute Gasteiger partial charge is 0.468 e. The lowest BCUT2D eigenvalue weighted by Gasteiger charge is -2.09. The maximum atomic E-state index is 12.1. The molecule has 104 valence electrons. The third kappa shape index (κ3) is 5.09. The molecule has 0 unspecified atom stereocenters. The average Bonchev–Trinajstić information content (AvgIpc) is 2.37. The zero-order valence-electron chi connectivity index (χ0n) is 12.0. The molecule has 0 bridgehead atoms. The van der Waals surface area contributed by atoms with E-state index in [0.717, 1.165) is 12.1 Å². The third-order valence-electron chi connectivity index (χ3n) is 2.67. The summed E-state index contributed by atoms with van der Waals surface area (Å²) in [4.78, 5) is 17.6. The fourth-order valence-corrected chi connectivity index (χ4v) is 1.53. The van der Waals surface area contributed by atoms with Crippen LogP contribution in [0.4, 0.5) is 0 Å². The smallest absolute Gasteiger partial charge is 0.291 e. The van der Waals surface area contributed by atoms with Gasteiger partial charge < -0.3 is 9.64 Å². The number of methoxy groups -OCH3 is 1. The van der Waals surface area contributed by atoms with E-state index in [0.29, 0.717) is 12.1 Å². The van der Waals surface area contributed by atoms with Gasteiger partial charge in [-0.05, 0) is 18.6 Å². The highest BCUT2D eigenvalue weighted by atomic mass is 16.5. The van der Waals surface area contributed by atoms with E-state index in [9.17, 15) is 4.79 Å². The lowest BCUT2D eigenvalue weighted by molar-refractivity contribution is -0.856. The number of rotatable bonds is 4. The first kappa shape index (κ1) is 15.2. The Balaban J connectivity index is 2.66. The van der Waals surface area contributed by atoms with Crippen LogP contribution in [0.25, 0.3) is 0 Å². The molecule has 0 aliphatic rings. The monoisotopic (exact) mass is 264 g/mol. The SMILES string of the molecule is COC(=NCC[NH+](C)C)NC(=O)c1ccccc1C. The minimum absolute atomic E-state index is 0.198. The van der Waals surface area contributed by atoms with E-state index in [-0.39, 0.29) is 11.9 Å². The first-order valence-electron chi connectivity index (χ1n) is 6.29. The van der Waals surface area contributed by atoms with Crippen LogP contribution in [0.15, 0.2) is 29.3 Å². The highest BCUT2D eigenvalue weighted by molar-refractivity contribution is 6.04. The van der Waals surface area contributed by atoms with Gasteiger partial charge in [-0.15, -0.1) is 0 Å². The van der Waals surface area contributed by atoms with Crippen molar-refractivity contribution in [2.45, 2.75) is 6.92 Å². The number of nitrogens with one attached hydrogen (secondary N) is 2. The summed E-state index contributed by atoms with van der Waals surface area (Å²) in [5, 5.41) is 2.68. The third-order valence-corrected chi connectivity index (χ3v) is 2.67. The number of carbonyl (C=O) groups excluding carboxylic acids is 1. The number of quaternary nitrogens is 1. The molecule has 1 rings (SSSR count). The number of benzene rings is 1. The van der Waals surface area contributed by atoms with Gasteiger partial charge in [0.2, 0.25) is 0 Å². The van der Waals surface area contributed by atoms with E-state index in [1.54, 1.807) is 6.07 Å². The topological polar surface area (TPSA) is 55.1 Å². The van der Waals surface area contributed by atoms with Gasteiger partial charge in [-0.25, -0.2) is 4.99 Å². The number of likely N-dealkylation sites (N-methyl/N-ethyl adjacent to an activating group) is 1. The number of aliphatic imine (C=N–C) groups is 1. The van der Waals surface area contributed by atoms with Gasteiger partial charge in [-0.2, -0.15) is 0 Å². The maximum Gasteiger partial charge on any atom is 0.291 e. The minimum atomic E-state index is -0.198. The second-order valence-corrected chi connectivity index (χ2v) is 4.62. The van der Waals surface area contributed by atoms with Crippen molar-refractivity contribution in [3.8, 4) is 0 Å². The molecule has 0 heterocycles. The molecule has 0 aliphatic carbocycles. The van der Waals surface area contributed by atoms with Crippen molar-refractivity contribution in [1.82, 2.24) is 5.32 Å². The van der Waals surface area contributed by atoms with E-state index in [1.165, 1.54) is 12.0 Å². The Bertz CT molecular complexity index is 456. The number of amidine groups is 1.